The van der Waals surface area contributed by atoms with Crippen molar-refractivity contribution in [3.05, 3.63) is 0 Å². The number of rotatable bonds is 1. The monoisotopic (exact) mass is 125 g/mol. The van der Waals surface area contributed by atoms with Gasteiger partial charge in [0.05, 0.1) is 0 Å². The van der Waals surface area contributed by atoms with Crippen LogP contribution in [0.15, 0.2) is 15.2 Å². The van der Waals surface area contributed by atoms with Gasteiger partial charge < -0.3 is 0 Å². The zero-order valence-corrected chi connectivity index (χ0v) is 4.66. The summed E-state index contributed by atoms with van der Waals surface area (Å²) >= 11 is 0. The first-order valence-electron chi connectivity index (χ1n) is 2.25. The van der Waals surface area contributed by atoms with Gasteiger partial charge in [-0.05, 0) is 0 Å². The molecule has 1 aliphatic heterocycles. The van der Waals surface area contributed by atoms with Crippen molar-refractivity contribution in [3.8, 4) is 0 Å². The average molecular weight is 125 g/mol. The van der Waals surface area contributed by atoms with Gasteiger partial charge in [-0.2, -0.15) is 4.99 Å². The number of Topliss-reactive ketones (excluding diaryl/α,β-unsaturated/α-hetero) is 1. The van der Waals surface area contributed by atoms with Crippen molar-refractivity contribution in [2.45, 2.75) is 6.92 Å². The highest BCUT2D eigenvalue weighted by molar-refractivity contribution is 6.40. The molecule has 0 fully saturated rings. The third-order valence-electron chi connectivity index (χ3n) is 0.747. The molecule has 0 N–H and O–H groups in total. The van der Waals surface area contributed by atoms with E-state index in [1.54, 1.807) is 0 Å². The summed E-state index contributed by atoms with van der Waals surface area (Å²) in [6.07, 6.45) is 0. The second-order valence-electron chi connectivity index (χ2n) is 1.47. The van der Waals surface area contributed by atoms with Gasteiger partial charge >= 0.3 is 6.03 Å². The van der Waals surface area contributed by atoms with Crippen LogP contribution in [-0.2, 0) is 4.79 Å². The van der Waals surface area contributed by atoms with E-state index in [1.165, 1.54) is 6.92 Å². The number of nitrogens with zero attached hydrogens (tertiary/aromatic N) is 3. The summed E-state index contributed by atoms with van der Waals surface area (Å²) in [6.45, 7) is 1.27. The molecule has 1 aliphatic rings. The van der Waals surface area contributed by atoms with Crippen molar-refractivity contribution in [1.82, 2.24) is 0 Å². The largest absolute Gasteiger partial charge is 0.387 e. The van der Waals surface area contributed by atoms with E-state index in [0.29, 0.717) is 0 Å². The average Bonchev–Trinajstić information content (AvgIpc) is 2.14. The molecule has 0 atom stereocenters. The first kappa shape index (κ1) is 5.74. The van der Waals surface area contributed by atoms with E-state index in [9.17, 15) is 9.59 Å². The predicted octanol–water partition coefficient (Wildman–Crippen LogP) is 0.560. The number of hydrogen-bond donors (Lipinski definition) is 0. The molecule has 0 aromatic heterocycles. The highest BCUT2D eigenvalue weighted by Gasteiger charge is 2.12. The number of urea groups is 1. The minimum absolute atomic E-state index is 0.111. The Morgan fingerprint density at radius 3 is 2.33 bits per heavy atom. The van der Waals surface area contributed by atoms with E-state index >= 15 is 0 Å². The van der Waals surface area contributed by atoms with Gasteiger partial charge in [0.25, 0.3) is 0 Å². The van der Waals surface area contributed by atoms with Crippen molar-refractivity contribution in [1.29, 1.82) is 0 Å². The number of azo groups is 1. The van der Waals surface area contributed by atoms with E-state index in [-0.39, 0.29) is 11.6 Å². The molecule has 0 radical (unpaired) electrons. The van der Waals surface area contributed by atoms with Crippen molar-refractivity contribution >= 4 is 17.6 Å². The third-order valence-corrected chi connectivity index (χ3v) is 0.747. The molecule has 0 aliphatic carbocycles. The molecule has 0 aromatic carbocycles. The van der Waals surface area contributed by atoms with Crippen molar-refractivity contribution in [3.63, 3.8) is 0 Å². The zero-order valence-electron chi connectivity index (χ0n) is 4.66. The molecule has 0 saturated carbocycles. The van der Waals surface area contributed by atoms with Gasteiger partial charge in [-0.3, -0.25) is 4.79 Å². The summed E-state index contributed by atoms with van der Waals surface area (Å²) in [5.41, 5.74) is 0. The Morgan fingerprint density at radius 1 is 1.44 bits per heavy atom. The molecule has 0 aromatic rings. The Labute approximate surface area is 50.5 Å². The SMILES string of the molecule is CC(=O)C1=NC(=O)N=N1. The van der Waals surface area contributed by atoms with Crippen molar-refractivity contribution in [2.24, 2.45) is 15.2 Å². The Kier molecular flexibility index (Phi) is 1.18. The highest BCUT2D eigenvalue weighted by Crippen LogP contribution is 1.98. The summed E-state index contributed by atoms with van der Waals surface area (Å²) in [6, 6.07) is -0.708. The summed E-state index contributed by atoms with van der Waals surface area (Å²) in [5, 5.41) is 6.19. The first-order valence-corrected chi connectivity index (χ1v) is 2.25. The third kappa shape index (κ3) is 1.04. The Balaban J connectivity index is 2.88. The summed E-state index contributed by atoms with van der Waals surface area (Å²) in [5.74, 6) is -0.454. The number of amidine groups is 1. The maximum atomic E-state index is 10.4. The lowest BCUT2D eigenvalue weighted by Crippen LogP contribution is -2.03. The van der Waals surface area contributed by atoms with E-state index in [2.05, 4.69) is 15.2 Å². The van der Waals surface area contributed by atoms with Gasteiger partial charge in [-0.1, -0.05) is 5.11 Å². The maximum absolute atomic E-state index is 10.4. The zero-order chi connectivity index (χ0) is 6.85. The fourth-order valence-electron chi connectivity index (χ4n) is 0.375. The Morgan fingerprint density at radius 2 is 2.11 bits per heavy atom. The smallest absolute Gasteiger partial charge is 0.291 e. The molecule has 0 spiro atoms. The Bertz CT molecular complexity index is 228. The van der Waals surface area contributed by atoms with Gasteiger partial charge in [-0.25, -0.2) is 4.79 Å². The standard InChI is InChI=1S/C4H3N3O2/c1-2(8)3-5-4(9)7-6-3/h1H3. The minimum atomic E-state index is -0.708. The van der Waals surface area contributed by atoms with Crippen LogP contribution in [0.4, 0.5) is 4.79 Å². The number of hydrogen-bond acceptors (Lipinski definition) is 3. The van der Waals surface area contributed by atoms with Gasteiger partial charge in [-0.15, -0.1) is 5.11 Å². The quantitative estimate of drug-likeness (QED) is 0.513. The van der Waals surface area contributed by atoms with Gasteiger partial charge in [0, 0.05) is 6.92 Å². The fourth-order valence-corrected chi connectivity index (χ4v) is 0.375. The molecule has 0 unspecified atom stereocenters. The summed E-state index contributed by atoms with van der Waals surface area (Å²) in [7, 11) is 0. The molecule has 0 saturated heterocycles. The molecule has 1 rings (SSSR count). The van der Waals surface area contributed by atoms with E-state index in [4.69, 9.17) is 0 Å². The molecule has 2 amide bonds. The van der Waals surface area contributed by atoms with Crippen molar-refractivity contribution in [2.75, 3.05) is 0 Å². The molecule has 5 nitrogen and oxygen atoms in total. The second kappa shape index (κ2) is 1.85. The number of carbonyl (C=O) groups is 2. The molecule has 9 heavy (non-hydrogen) atoms. The molecule has 0 bridgehead atoms. The van der Waals surface area contributed by atoms with Crippen LogP contribution in [-0.4, -0.2) is 17.6 Å². The van der Waals surface area contributed by atoms with E-state index in [0.717, 1.165) is 0 Å². The van der Waals surface area contributed by atoms with Crippen LogP contribution in [0.25, 0.3) is 0 Å². The molecular formula is C4H3N3O2. The number of amides is 2. The molecule has 46 valence electrons. The van der Waals surface area contributed by atoms with Crippen molar-refractivity contribution < 1.29 is 9.59 Å². The second-order valence-corrected chi connectivity index (χ2v) is 1.47. The lowest BCUT2D eigenvalue weighted by Gasteiger charge is -1.78. The topological polar surface area (TPSA) is 71.2 Å². The van der Waals surface area contributed by atoms with Gasteiger partial charge in [0.1, 0.15) is 0 Å². The van der Waals surface area contributed by atoms with E-state index < -0.39 is 6.03 Å². The molecule has 5 heteroatoms. The van der Waals surface area contributed by atoms with Crippen LogP contribution in [0.5, 0.6) is 0 Å². The summed E-state index contributed by atoms with van der Waals surface area (Å²) < 4.78 is 0. The molecule has 1 heterocycles. The summed E-state index contributed by atoms with van der Waals surface area (Å²) in [4.78, 5) is 23.7. The van der Waals surface area contributed by atoms with Crippen LogP contribution < -0.4 is 0 Å². The number of ketones is 1. The lowest BCUT2D eigenvalue weighted by atomic mass is 10.4. The predicted molar refractivity (Wildman–Crippen MR) is 28.4 cm³/mol. The molecular weight excluding hydrogens is 122 g/mol. The fraction of sp³-hybridized carbons (Fsp3) is 0.250. The maximum Gasteiger partial charge on any atom is 0.387 e. The highest BCUT2D eigenvalue weighted by atomic mass is 16.2. The van der Waals surface area contributed by atoms with Crippen LogP contribution >= 0.6 is 0 Å². The number of carbonyl (C=O) groups excluding carboxylic acids is 2. The normalized spacial score (nSPS) is 16.1. The Hall–Kier alpha value is -1.39. The first-order chi connectivity index (χ1) is 4.20. The number of aliphatic imine (C=N–C) groups is 1. The minimum Gasteiger partial charge on any atom is -0.291 e. The van der Waals surface area contributed by atoms with Crippen LogP contribution in [0, 0.1) is 0 Å². The van der Waals surface area contributed by atoms with Gasteiger partial charge in [0.15, 0.2) is 5.78 Å². The van der Waals surface area contributed by atoms with E-state index in [1.807, 2.05) is 0 Å². The lowest BCUT2D eigenvalue weighted by molar-refractivity contribution is -0.111. The van der Waals surface area contributed by atoms with Gasteiger partial charge in [0.2, 0.25) is 5.84 Å². The van der Waals surface area contributed by atoms with Crippen LogP contribution in [0.1, 0.15) is 6.92 Å². The van der Waals surface area contributed by atoms with Crippen LogP contribution in [0.3, 0.4) is 0 Å². The van der Waals surface area contributed by atoms with Crippen LogP contribution in [0.2, 0.25) is 0 Å².